The molecule has 0 aliphatic carbocycles. The second-order valence-electron chi connectivity index (χ2n) is 6.44. The molecule has 2 rings (SSSR count). The summed E-state index contributed by atoms with van der Waals surface area (Å²) < 4.78 is 5.46. The number of hydrogen-bond donors (Lipinski definition) is 0. The van der Waals surface area contributed by atoms with Crippen molar-refractivity contribution in [2.24, 2.45) is 4.99 Å². The van der Waals surface area contributed by atoms with Crippen molar-refractivity contribution in [3.63, 3.8) is 0 Å². The van der Waals surface area contributed by atoms with Crippen molar-refractivity contribution in [2.75, 3.05) is 13.6 Å². The molecule has 2 aromatic rings. The summed E-state index contributed by atoms with van der Waals surface area (Å²) in [5, 5.41) is 0.607. The molecule has 138 valence electrons. The highest BCUT2D eigenvalue weighted by molar-refractivity contribution is 6.31. The maximum absolute atomic E-state index is 12.5. The highest BCUT2D eigenvalue weighted by atomic mass is 35.5. The van der Waals surface area contributed by atoms with Gasteiger partial charge in [-0.2, -0.15) is 0 Å². The fourth-order valence-corrected chi connectivity index (χ4v) is 2.68. The molecule has 0 aromatic heterocycles. The molecular formula is C21H25ClN2O2. The molecule has 0 aliphatic rings. The van der Waals surface area contributed by atoms with Crippen molar-refractivity contribution >= 4 is 29.6 Å². The van der Waals surface area contributed by atoms with Crippen LogP contribution in [-0.2, 0) is 11.3 Å². The Hall–Kier alpha value is -2.33. The van der Waals surface area contributed by atoms with Gasteiger partial charge in [0.2, 0.25) is 0 Å². The van der Waals surface area contributed by atoms with E-state index in [-0.39, 0.29) is 12.6 Å². The van der Waals surface area contributed by atoms with Gasteiger partial charge in [0.05, 0.1) is 17.6 Å². The minimum Gasteiger partial charge on any atom is -0.457 e. The molecule has 4 nitrogen and oxygen atoms in total. The molecule has 0 bridgehead atoms. The van der Waals surface area contributed by atoms with Crippen molar-refractivity contribution in [1.29, 1.82) is 0 Å². The van der Waals surface area contributed by atoms with Crippen molar-refractivity contribution in [3.8, 4) is 0 Å². The summed E-state index contributed by atoms with van der Waals surface area (Å²) in [5.74, 6) is -0.358. The fourth-order valence-electron chi connectivity index (χ4n) is 2.39. The first-order valence-electron chi connectivity index (χ1n) is 8.59. The van der Waals surface area contributed by atoms with Crippen molar-refractivity contribution in [2.45, 2.75) is 34.3 Å². The molecule has 26 heavy (non-hydrogen) atoms. The summed E-state index contributed by atoms with van der Waals surface area (Å²) in [7, 11) is 1.97. The summed E-state index contributed by atoms with van der Waals surface area (Å²) >= 11 is 6.20. The van der Waals surface area contributed by atoms with Gasteiger partial charge < -0.3 is 9.64 Å². The molecule has 0 saturated heterocycles. The van der Waals surface area contributed by atoms with Gasteiger partial charge in [-0.1, -0.05) is 23.7 Å². The minimum absolute atomic E-state index is 0.150. The number of aryl methyl sites for hydroxylation is 3. The molecule has 0 fully saturated rings. The topological polar surface area (TPSA) is 41.9 Å². The van der Waals surface area contributed by atoms with Crippen molar-refractivity contribution in [3.05, 3.63) is 63.2 Å². The van der Waals surface area contributed by atoms with Crippen molar-refractivity contribution in [1.82, 2.24) is 4.90 Å². The number of aliphatic imine (C=N–C) groups is 1. The van der Waals surface area contributed by atoms with E-state index in [9.17, 15) is 4.79 Å². The summed E-state index contributed by atoms with van der Waals surface area (Å²) in [6.45, 7) is 8.88. The number of halogens is 1. The Labute approximate surface area is 160 Å². The van der Waals surface area contributed by atoms with Crippen LogP contribution < -0.4 is 0 Å². The number of hydrogen-bond acceptors (Lipinski definition) is 3. The Morgan fingerprint density at radius 2 is 1.92 bits per heavy atom. The van der Waals surface area contributed by atoms with Crippen LogP contribution in [0.25, 0.3) is 0 Å². The van der Waals surface area contributed by atoms with Crippen LogP contribution in [0.2, 0.25) is 5.02 Å². The number of ether oxygens (including phenoxy) is 1. The largest absolute Gasteiger partial charge is 0.457 e. The lowest BCUT2D eigenvalue weighted by atomic mass is 10.0. The van der Waals surface area contributed by atoms with Crippen LogP contribution >= 0.6 is 11.6 Å². The quantitative estimate of drug-likeness (QED) is 0.396. The third-order valence-corrected chi connectivity index (χ3v) is 4.57. The summed E-state index contributed by atoms with van der Waals surface area (Å²) in [6.07, 6.45) is 1.79. The van der Waals surface area contributed by atoms with Gasteiger partial charge in [0.15, 0.2) is 0 Å². The number of esters is 1. The summed E-state index contributed by atoms with van der Waals surface area (Å²) in [4.78, 5) is 19.0. The normalized spacial score (nSPS) is 11.0. The van der Waals surface area contributed by atoms with E-state index >= 15 is 0 Å². The average molecular weight is 373 g/mol. The van der Waals surface area contributed by atoms with Gasteiger partial charge >= 0.3 is 5.97 Å². The zero-order valence-electron chi connectivity index (χ0n) is 16.0. The van der Waals surface area contributed by atoms with E-state index in [4.69, 9.17) is 16.3 Å². The molecule has 0 N–H and O–H groups in total. The van der Waals surface area contributed by atoms with Crippen LogP contribution in [0.3, 0.4) is 0 Å². The molecule has 0 unspecified atom stereocenters. The van der Waals surface area contributed by atoms with Gasteiger partial charge in [-0.05, 0) is 62.6 Å². The highest BCUT2D eigenvalue weighted by Gasteiger charge is 2.14. The Morgan fingerprint density at radius 1 is 1.19 bits per heavy atom. The summed E-state index contributed by atoms with van der Waals surface area (Å²) in [5.41, 5.74) is 5.03. The number of rotatable bonds is 6. The van der Waals surface area contributed by atoms with Gasteiger partial charge in [0.1, 0.15) is 6.61 Å². The second-order valence-corrected chi connectivity index (χ2v) is 6.85. The molecule has 0 saturated carbocycles. The molecule has 0 radical (unpaired) electrons. The lowest BCUT2D eigenvalue weighted by molar-refractivity contribution is 0.0472. The van der Waals surface area contributed by atoms with Crippen LogP contribution in [0, 0.1) is 20.8 Å². The summed E-state index contributed by atoms with van der Waals surface area (Å²) in [6, 6.07) is 9.42. The lowest BCUT2D eigenvalue weighted by Crippen LogP contribution is -2.14. The predicted molar refractivity (Wildman–Crippen MR) is 108 cm³/mol. The maximum Gasteiger partial charge on any atom is 0.338 e. The van der Waals surface area contributed by atoms with Gasteiger partial charge in [0.25, 0.3) is 0 Å². The fraction of sp³-hybridized carbons (Fsp3) is 0.333. The SMILES string of the molecule is CCN(C)C=Nc1cc(C)c(C(=O)OCc2ccc(C)cc2Cl)cc1C. The van der Waals surface area contributed by atoms with E-state index in [0.29, 0.717) is 10.6 Å². The minimum atomic E-state index is -0.358. The van der Waals surface area contributed by atoms with E-state index in [2.05, 4.69) is 11.9 Å². The van der Waals surface area contributed by atoms with Crippen molar-refractivity contribution < 1.29 is 9.53 Å². The van der Waals surface area contributed by atoms with Gasteiger partial charge in [-0.3, -0.25) is 0 Å². The third kappa shape index (κ3) is 5.09. The standard InChI is InChI=1S/C21H25ClN2O2/c1-6-24(5)13-23-20-11-15(3)18(10-16(20)4)21(25)26-12-17-8-7-14(2)9-19(17)22/h7-11,13H,6,12H2,1-5H3. The zero-order valence-corrected chi connectivity index (χ0v) is 16.7. The van der Waals surface area contributed by atoms with Crippen LogP contribution in [0.15, 0.2) is 35.3 Å². The van der Waals surface area contributed by atoms with E-state index < -0.39 is 0 Å². The van der Waals surface area contributed by atoms with Crippen LogP contribution in [-0.4, -0.2) is 30.8 Å². The first-order chi connectivity index (χ1) is 12.3. The molecule has 0 aliphatic heterocycles. The monoisotopic (exact) mass is 372 g/mol. The van der Waals surface area contributed by atoms with E-state index in [0.717, 1.165) is 34.5 Å². The third-order valence-electron chi connectivity index (χ3n) is 4.22. The molecule has 0 atom stereocenters. The van der Waals surface area contributed by atoms with Gasteiger partial charge in [-0.25, -0.2) is 9.79 Å². The Kier molecular flexibility index (Phi) is 6.81. The molecular weight excluding hydrogens is 348 g/mol. The van der Waals surface area contributed by atoms with E-state index in [1.54, 1.807) is 6.34 Å². The van der Waals surface area contributed by atoms with E-state index in [1.165, 1.54) is 0 Å². The van der Waals surface area contributed by atoms with E-state index in [1.807, 2.05) is 63.1 Å². The first-order valence-corrected chi connectivity index (χ1v) is 8.97. The van der Waals surface area contributed by atoms with Crippen LogP contribution in [0.1, 0.15) is 39.5 Å². The number of benzene rings is 2. The Balaban J connectivity index is 2.13. The second kappa shape index (κ2) is 8.86. The molecule has 0 spiro atoms. The van der Waals surface area contributed by atoms with Crippen LogP contribution in [0.4, 0.5) is 5.69 Å². The van der Waals surface area contributed by atoms with Gasteiger partial charge in [-0.15, -0.1) is 0 Å². The number of carbonyl (C=O) groups excluding carboxylic acids is 1. The first kappa shape index (κ1) is 20.0. The predicted octanol–water partition coefficient (Wildman–Crippen LogP) is 5.23. The maximum atomic E-state index is 12.5. The zero-order chi connectivity index (χ0) is 19.3. The molecule has 2 aromatic carbocycles. The van der Waals surface area contributed by atoms with Crippen LogP contribution in [0.5, 0.6) is 0 Å². The average Bonchev–Trinajstić information content (AvgIpc) is 2.60. The molecule has 0 heterocycles. The molecule has 5 heteroatoms. The van der Waals surface area contributed by atoms with Gasteiger partial charge in [0, 0.05) is 24.2 Å². The Morgan fingerprint density at radius 3 is 2.58 bits per heavy atom. The smallest absolute Gasteiger partial charge is 0.338 e. The molecule has 0 amide bonds. The lowest BCUT2D eigenvalue weighted by Gasteiger charge is -2.12. The number of carbonyl (C=O) groups is 1. The highest BCUT2D eigenvalue weighted by Crippen LogP contribution is 2.25. The Bertz CT molecular complexity index is 831. The number of nitrogens with zero attached hydrogens (tertiary/aromatic N) is 2.